The second kappa shape index (κ2) is 10.3. The third kappa shape index (κ3) is 5.63. The summed E-state index contributed by atoms with van der Waals surface area (Å²) in [6.45, 7) is 9.45. The first kappa shape index (κ1) is 20.5. The normalized spacial score (nSPS) is 16.0. The van der Waals surface area contributed by atoms with Crippen molar-refractivity contribution in [2.24, 2.45) is 0 Å². The van der Waals surface area contributed by atoms with E-state index in [0.29, 0.717) is 19.8 Å². The molecule has 1 aliphatic heterocycles. The predicted octanol–water partition coefficient (Wildman–Crippen LogP) is 3.21. The molecule has 0 saturated carbocycles. The van der Waals surface area contributed by atoms with E-state index in [1.807, 2.05) is 37.3 Å². The molecule has 1 aliphatic rings. The Morgan fingerprint density at radius 2 is 1.75 bits per heavy atom. The van der Waals surface area contributed by atoms with E-state index >= 15 is 0 Å². The SMILES string of the molecule is CCOc1ccccc1N1CCN(CC(O)COc2cccc(CC)c2)CC1. The summed E-state index contributed by atoms with van der Waals surface area (Å²) in [6, 6.07) is 16.3. The van der Waals surface area contributed by atoms with Gasteiger partial charge in [-0.05, 0) is 43.2 Å². The number of rotatable bonds is 9. The Morgan fingerprint density at radius 3 is 2.50 bits per heavy atom. The van der Waals surface area contributed by atoms with Crippen molar-refractivity contribution in [1.82, 2.24) is 4.90 Å². The Labute approximate surface area is 168 Å². The molecule has 1 fully saturated rings. The Bertz CT molecular complexity index is 729. The van der Waals surface area contributed by atoms with E-state index in [4.69, 9.17) is 9.47 Å². The number of hydrogen-bond donors (Lipinski definition) is 1. The Morgan fingerprint density at radius 1 is 0.964 bits per heavy atom. The average molecular weight is 385 g/mol. The van der Waals surface area contributed by atoms with Crippen molar-refractivity contribution in [3.05, 3.63) is 54.1 Å². The summed E-state index contributed by atoms with van der Waals surface area (Å²) in [7, 11) is 0. The molecule has 5 nitrogen and oxygen atoms in total. The molecule has 5 heteroatoms. The van der Waals surface area contributed by atoms with Crippen molar-refractivity contribution in [1.29, 1.82) is 0 Å². The predicted molar refractivity (Wildman–Crippen MR) is 114 cm³/mol. The van der Waals surface area contributed by atoms with Crippen LogP contribution in [0.1, 0.15) is 19.4 Å². The standard InChI is InChI=1S/C23H32N2O3/c1-3-19-8-7-9-21(16-19)28-18-20(26)17-24-12-14-25(15-13-24)22-10-5-6-11-23(22)27-4-2/h5-11,16,20,26H,3-4,12-15,17-18H2,1-2H3. The number of aryl methyl sites for hydroxylation is 1. The molecule has 1 atom stereocenters. The number of aliphatic hydroxyl groups is 1. The Balaban J connectivity index is 1.45. The van der Waals surface area contributed by atoms with Crippen LogP contribution in [0.5, 0.6) is 11.5 Å². The lowest BCUT2D eigenvalue weighted by Crippen LogP contribution is -2.49. The summed E-state index contributed by atoms with van der Waals surface area (Å²) in [4.78, 5) is 4.66. The highest BCUT2D eigenvalue weighted by molar-refractivity contribution is 5.58. The molecule has 1 saturated heterocycles. The van der Waals surface area contributed by atoms with Gasteiger partial charge in [0.05, 0.1) is 12.3 Å². The molecule has 1 heterocycles. The zero-order chi connectivity index (χ0) is 19.8. The number of piperazine rings is 1. The van der Waals surface area contributed by atoms with Crippen LogP contribution < -0.4 is 14.4 Å². The van der Waals surface area contributed by atoms with Gasteiger partial charge < -0.3 is 19.5 Å². The molecular weight excluding hydrogens is 352 g/mol. The minimum Gasteiger partial charge on any atom is -0.492 e. The lowest BCUT2D eigenvalue weighted by atomic mass is 10.2. The summed E-state index contributed by atoms with van der Waals surface area (Å²) in [5.74, 6) is 1.77. The van der Waals surface area contributed by atoms with E-state index in [-0.39, 0.29) is 0 Å². The van der Waals surface area contributed by atoms with Gasteiger partial charge in [0.1, 0.15) is 24.2 Å². The van der Waals surface area contributed by atoms with Crippen LogP contribution >= 0.6 is 0 Å². The molecular formula is C23H32N2O3. The number of hydrogen-bond acceptors (Lipinski definition) is 5. The van der Waals surface area contributed by atoms with Gasteiger partial charge in [0.2, 0.25) is 0 Å². The van der Waals surface area contributed by atoms with Crippen molar-refractivity contribution in [2.45, 2.75) is 26.4 Å². The van der Waals surface area contributed by atoms with Crippen LogP contribution in [0, 0.1) is 0 Å². The van der Waals surface area contributed by atoms with Gasteiger partial charge in [-0.3, -0.25) is 4.90 Å². The van der Waals surface area contributed by atoms with Gasteiger partial charge in [-0.1, -0.05) is 31.2 Å². The molecule has 0 amide bonds. The first-order valence-corrected chi connectivity index (χ1v) is 10.3. The molecule has 0 spiro atoms. The molecule has 0 bridgehead atoms. The topological polar surface area (TPSA) is 45.2 Å². The largest absolute Gasteiger partial charge is 0.492 e. The number of anilines is 1. The van der Waals surface area contributed by atoms with Crippen molar-refractivity contribution in [2.75, 3.05) is 50.8 Å². The second-order valence-electron chi connectivity index (χ2n) is 7.15. The molecule has 0 aliphatic carbocycles. The van der Waals surface area contributed by atoms with Gasteiger partial charge in [0.15, 0.2) is 0 Å². The maximum Gasteiger partial charge on any atom is 0.142 e. The first-order chi connectivity index (χ1) is 13.7. The van der Waals surface area contributed by atoms with Gasteiger partial charge >= 0.3 is 0 Å². The van der Waals surface area contributed by atoms with Gasteiger partial charge in [0.25, 0.3) is 0 Å². The van der Waals surface area contributed by atoms with Crippen LogP contribution in [-0.2, 0) is 6.42 Å². The van der Waals surface area contributed by atoms with E-state index in [9.17, 15) is 5.11 Å². The number of aliphatic hydroxyl groups excluding tert-OH is 1. The van der Waals surface area contributed by atoms with Crippen LogP contribution in [0.2, 0.25) is 0 Å². The first-order valence-electron chi connectivity index (χ1n) is 10.3. The van der Waals surface area contributed by atoms with Crippen LogP contribution in [0.15, 0.2) is 48.5 Å². The summed E-state index contributed by atoms with van der Waals surface area (Å²) in [6.07, 6.45) is 0.490. The maximum absolute atomic E-state index is 10.4. The summed E-state index contributed by atoms with van der Waals surface area (Å²) < 4.78 is 11.5. The van der Waals surface area contributed by atoms with Crippen molar-refractivity contribution in [3.63, 3.8) is 0 Å². The van der Waals surface area contributed by atoms with Crippen LogP contribution in [-0.4, -0.2) is 62.0 Å². The van der Waals surface area contributed by atoms with Gasteiger partial charge in [-0.25, -0.2) is 0 Å². The quantitative estimate of drug-likeness (QED) is 0.719. The molecule has 2 aromatic rings. The molecule has 0 aromatic heterocycles. The van der Waals surface area contributed by atoms with Crippen LogP contribution in [0.3, 0.4) is 0 Å². The highest BCUT2D eigenvalue weighted by Gasteiger charge is 2.21. The molecule has 1 N–H and O–H groups in total. The molecule has 3 rings (SSSR count). The fourth-order valence-electron chi connectivity index (χ4n) is 3.57. The third-order valence-electron chi connectivity index (χ3n) is 5.10. The minimum absolute atomic E-state index is 0.320. The lowest BCUT2D eigenvalue weighted by molar-refractivity contribution is 0.0662. The number of β-amino-alcohol motifs (C(OH)–C–C–N with tert-alkyl or cyclic N) is 1. The zero-order valence-corrected chi connectivity index (χ0v) is 17.0. The van der Waals surface area contributed by atoms with Crippen molar-refractivity contribution in [3.8, 4) is 11.5 Å². The maximum atomic E-state index is 10.4. The van der Waals surface area contributed by atoms with E-state index in [0.717, 1.165) is 49.8 Å². The van der Waals surface area contributed by atoms with Crippen molar-refractivity contribution >= 4 is 5.69 Å². The third-order valence-corrected chi connectivity index (χ3v) is 5.10. The summed E-state index contributed by atoms with van der Waals surface area (Å²) in [5.41, 5.74) is 2.40. The van der Waals surface area contributed by atoms with Crippen LogP contribution in [0.4, 0.5) is 5.69 Å². The molecule has 152 valence electrons. The number of benzene rings is 2. The second-order valence-corrected chi connectivity index (χ2v) is 7.15. The Kier molecular flexibility index (Phi) is 7.57. The number of nitrogens with zero attached hydrogens (tertiary/aromatic N) is 2. The smallest absolute Gasteiger partial charge is 0.142 e. The van der Waals surface area contributed by atoms with Crippen LogP contribution in [0.25, 0.3) is 0 Å². The van der Waals surface area contributed by atoms with E-state index in [1.165, 1.54) is 5.56 Å². The number of ether oxygens (including phenoxy) is 2. The molecule has 0 radical (unpaired) electrons. The highest BCUT2D eigenvalue weighted by atomic mass is 16.5. The zero-order valence-electron chi connectivity index (χ0n) is 17.0. The molecule has 28 heavy (non-hydrogen) atoms. The van der Waals surface area contributed by atoms with E-state index in [1.54, 1.807) is 0 Å². The monoisotopic (exact) mass is 384 g/mol. The summed E-state index contributed by atoms with van der Waals surface area (Å²) >= 11 is 0. The van der Waals surface area contributed by atoms with E-state index in [2.05, 4.69) is 34.9 Å². The van der Waals surface area contributed by atoms with Gasteiger partial charge in [0, 0.05) is 32.7 Å². The van der Waals surface area contributed by atoms with E-state index < -0.39 is 6.10 Å². The molecule has 2 aromatic carbocycles. The fourth-order valence-corrected chi connectivity index (χ4v) is 3.57. The lowest BCUT2D eigenvalue weighted by Gasteiger charge is -2.37. The van der Waals surface area contributed by atoms with Gasteiger partial charge in [-0.2, -0.15) is 0 Å². The average Bonchev–Trinajstić information content (AvgIpc) is 2.74. The van der Waals surface area contributed by atoms with Gasteiger partial charge in [-0.15, -0.1) is 0 Å². The minimum atomic E-state index is -0.493. The highest BCUT2D eigenvalue weighted by Crippen LogP contribution is 2.28. The Hall–Kier alpha value is -2.24. The fraction of sp³-hybridized carbons (Fsp3) is 0.478. The van der Waals surface area contributed by atoms with Crippen molar-refractivity contribution < 1.29 is 14.6 Å². The molecule has 1 unspecified atom stereocenters. The number of para-hydroxylation sites is 2. The summed E-state index contributed by atoms with van der Waals surface area (Å²) in [5, 5.41) is 10.4.